The van der Waals surface area contributed by atoms with Gasteiger partial charge in [-0.3, -0.25) is 4.55 Å². The Kier molecular flexibility index (Phi) is 3.10. The summed E-state index contributed by atoms with van der Waals surface area (Å²) in [6, 6.07) is 0. The van der Waals surface area contributed by atoms with Crippen LogP contribution in [0, 0.1) is 12.7 Å². The molecule has 0 saturated carbocycles. The molecular weight excluding hydrogens is 144 g/mol. The zero-order valence-corrected chi connectivity index (χ0v) is 5.50. The molecule has 4 nitrogen and oxygen atoms in total. The molecular formula is C4H8O4S. The van der Waals surface area contributed by atoms with Gasteiger partial charge >= 0.3 is 0 Å². The van der Waals surface area contributed by atoms with E-state index >= 15 is 0 Å². The molecule has 2 radical (unpaired) electrons. The first-order valence-corrected chi connectivity index (χ1v) is 3.74. The Morgan fingerprint density at radius 1 is 1.67 bits per heavy atom. The third kappa shape index (κ3) is 7.87. The lowest BCUT2D eigenvalue weighted by Gasteiger charge is -1.98. The minimum Gasteiger partial charge on any atom is -0.393 e. The van der Waals surface area contributed by atoms with Crippen molar-refractivity contribution in [3.63, 3.8) is 0 Å². The average Bonchev–Trinajstić information content (AvgIpc) is 1.59. The highest BCUT2D eigenvalue weighted by Crippen LogP contribution is 1.98. The summed E-state index contributed by atoms with van der Waals surface area (Å²) in [5.74, 6) is 0.602. The molecule has 9 heavy (non-hydrogen) atoms. The minimum absolute atomic E-state index is 0.154. The maximum atomic E-state index is 9.90. The molecule has 1 atom stereocenters. The molecule has 0 amide bonds. The van der Waals surface area contributed by atoms with Crippen molar-refractivity contribution in [2.75, 3.05) is 0 Å². The van der Waals surface area contributed by atoms with Gasteiger partial charge in [-0.05, 0) is 13.3 Å². The van der Waals surface area contributed by atoms with E-state index in [1.54, 1.807) is 0 Å². The minimum atomic E-state index is -4.04. The zero-order valence-electron chi connectivity index (χ0n) is 4.69. The van der Waals surface area contributed by atoms with E-state index in [-0.39, 0.29) is 6.42 Å². The van der Waals surface area contributed by atoms with Gasteiger partial charge < -0.3 is 5.11 Å². The Morgan fingerprint density at radius 2 is 2.11 bits per heavy atom. The van der Waals surface area contributed by atoms with Crippen LogP contribution in [0.3, 0.4) is 0 Å². The van der Waals surface area contributed by atoms with E-state index in [2.05, 4.69) is 6.92 Å². The van der Waals surface area contributed by atoms with E-state index in [9.17, 15) is 8.42 Å². The first kappa shape index (κ1) is 8.87. The lowest BCUT2D eigenvalue weighted by atomic mass is 10.3. The highest BCUT2D eigenvalue weighted by atomic mass is 32.2. The van der Waals surface area contributed by atoms with Crippen molar-refractivity contribution in [2.24, 2.45) is 0 Å². The van der Waals surface area contributed by atoms with Gasteiger partial charge in [0.2, 0.25) is 0 Å². The van der Waals surface area contributed by atoms with Gasteiger partial charge in [-0.25, -0.2) is 0 Å². The summed E-state index contributed by atoms with van der Waals surface area (Å²) in [5, 5.41) is 8.40. The highest BCUT2D eigenvalue weighted by Gasteiger charge is 2.06. The Labute approximate surface area is 54.3 Å². The number of aliphatic hydroxyl groups excluding tert-OH is 1. The summed E-state index contributed by atoms with van der Waals surface area (Å²) in [7, 11) is -4.04. The molecule has 2 N–H and O–H groups in total. The van der Waals surface area contributed by atoms with E-state index in [0.29, 0.717) is 5.75 Å². The topological polar surface area (TPSA) is 74.6 Å². The third-order valence-electron chi connectivity index (χ3n) is 0.579. The number of rotatable bonds is 3. The predicted octanol–water partition coefficient (Wildman–Crippen LogP) is -0.379. The van der Waals surface area contributed by atoms with Gasteiger partial charge in [0.05, 0.1) is 6.10 Å². The van der Waals surface area contributed by atoms with Gasteiger partial charge in [0.25, 0.3) is 10.1 Å². The van der Waals surface area contributed by atoms with Gasteiger partial charge in [0.15, 0.2) is 0 Å². The fourth-order valence-corrected chi connectivity index (χ4v) is 0.698. The second kappa shape index (κ2) is 3.14. The number of hydrogen-bond donors (Lipinski definition) is 2. The van der Waals surface area contributed by atoms with E-state index in [4.69, 9.17) is 9.66 Å². The van der Waals surface area contributed by atoms with E-state index in [1.807, 2.05) is 0 Å². The van der Waals surface area contributed by atoms with Crippen molar-refractivity contribution in [2.45, 2.75) is 12.5 Å². The molecule has 0 bridgehead atoms. The van der Waals surface area contributed by atoms with Crippen LogP contribution < -0.4 is 0 Å². The van der Waals surface area contributed by atoms with Crippen molar-refractivity contribution in [3.8, 4) is 0 Å². The first-order valence-electron chi connectivity index (χ1n) is 2.23. The normalized spacial score (nSPS) is 15.4. The second-order valence-electron chi connectivity index (χ2n) is 1.57. The third-order valence-corrected chi connectivity index (χ3v) is 1.19. The quantitative estimate of drug-likeness (QED) is 0.540. The van der Waals surface area contributed by atoms with Gasteiger partial charge in [-0.2, -0.15) is 8.42 Å². The molecule has 0 aromatic rings. The molecule has 1 unspecified atom stereocenters. The van der Waals surface area contributed by atoms with Crippen molar-refractivity contribution >= 4 is 10.1 Å². The fourth-order valence-electron chi connectivity index (χ4n) is 0.233. The molecule has 0 aromatic carbocycles. The monoisotopic (exact) mass is 152 g/mol. The van der Waals surface area contributed by atoms with E-state index < -0.39 is 16.2 Å². The Morgan fingerprint density at radius 3 is 2.22 bits per heavy atom. The summed E-state index contributed by atoms with van der Waals surface area (Å²) in [6.45, 7) is 3.09. The lowest BCUT2D eigenvalue weighted by molar-refractivity contribution is 0.221. The van der Waals surface area contributed by atoms with E-state index in [1.165, 1.54) is 0 Å². The van der Waals surface area contributed by atoms with Gasteiger partial charge in [0, 0.05) is 0 Å². The summed E-state index contributed by atoms with van der Waals surface area (Å²) < 4.78 is 27.8. The zero-order chi connectivity index (χ0) is 7.49. The second-order valence-corrected chi connectivity index (χ2v) is 2.93. The Hall–Kier alpha value is -0.130. The summed E-state index contributed by atoms with van der Waals surface area (Å²) in [4.78, 5) is 0. The summed E-state index contributed by atoms with van der Waals surface area (Å²) >= 11 is 0. The van der Waals surface area contributed by atoms with Crippen LogP contribution >= 0.6 is 0 Å². The van der Waals surface area contributed by atoms with Crippen LogP contribution in [0.2, 0.25) is 0 Å². The van der Waals surface area contributed by atoms with Crippen LogP contribution in [0.15, 0.2) is 0 Å². The molecule has 5 heteroatoms. The van der Waals surface area contributed by atoms with Crippen LogP contribution in [-0.4, -0.2) is 24.2 Å². The van der Waals surface area contributed by atoms with Crippen LogP contribution in [0.4, 0.5) is 0 Å². The maximum absolute atomic E-state index is 9.90. The van der Waals surface area contributed by atoms with Crippen LogP contribution in [0.5, 0.6) is 0 Å². The fraction of sp³-hybridized carbons (Fsp3) is 0.500. The smallest absolute Gasteiger partial charge is 0.269 e. The molecule has 54 valence electrons. The van der Waals surface area contributed by atoms with Crippen molar-refractivity contribution < 1.29 is 18.1 Å². The molecule has 0 rings (SSSR count). The van der Waals surface area contributed by atoms with Crippen molar-refractivity contribution in [1.82, 2.24) is 0 Å². The van der Waals surface area contributed by atoms with E-state index in [0.717, 1.165) is 0 Å². The molecule has 0 aliphatic rings. The van der Waals surface area contributed by atoms with Gasteiger partial charge in [-0.1, -0.05) is 0 Å². The first-order chi connectivity index (χ1) is 3.92. The van der Waals surface area contributed by atoms with Crippen molar-refractivity contribution in [3.05, 3.63) is 12.7 Å². The molecule has 0 aliphatic heterocycles. The highest BCUT2D eigenvalue weighted by molar-refractivity contribution is 7.87. The lowest BCUT2D eigenvalue weighted by Crippen LogP contribution is -2.05. The van der Waals surface area contributed by atoms with Gasteiger partial charge in [-0.15, -0.1) is 0 Å². The molecule has 0 heterocycles. The molecule has 0 fully saturated rings. The molecule has 0 aliphatic carbocycles. The molecule has 0 aromatic heterocycles. The largest absolute Gasteiger partial charge is 0.393 e. The summed E-state index contributed by atoms with van der Waals surface area (Å²) in [5.41, 5.74) is 0. The number of aliphatic hydroxyl groups is 1. The van der Waals surface area contributed by atoms with Crippen LogP contribution in [-0.2, 0) is 10.1 Å². The molecule has 0 spiro atoms. The van der Waals surface area contributed by atoms with Gasteiger partial charge in [0.1, 0.15) is 5.75 Å². The van der Waals surface area contributed by atoms with Crippen LogP contribution in [0.1, 0.15) is 6.42 Å². The SMILES string of the molecule is [CH2]C(O)C[CH]S(=O)(=O)O. The maximum Gasteiger partial charge on any atom is 0.269 e. The summed E-state index contributed by atoms with van der Waals surface area (Å²) in [6.07, 6.45) is -1.13. The Bertz CT molecular complexity index is 157. The molecule has 0 saturated heterocycles. The van der Waals surface area contributed by atoms with Crippen LogP contribution in [0.25, 0.3) is 0 Å². The standard InChI is InChI=1S/C4H8O4S/c1-4(5)2-3-9(6,7)8/h3-5H,1-2H2,(H,6,7,8). The Balaban J connectivity index is 3.53. The predicted molar refractivity (Wildman–Crippen MR) is 31.8 cm³/mol. The number of hydrogen-bond acceptors (Lipinski definition) is 3. The average molecular weight is 152 g/mol. The van der Waals surface area contributed by atoms with Crippen molar-refractivity contribution in [1.29, 1.82) is 0 Å².